The number of hydrogen-bond donors (Lipinski definition) is 0. The molecule has 0 saturated heterocycles. The van der Waals surface area contributed by atoms with Crippen molar-refractivity contribution in [2.24, 2.45) is 0 Å². The average Bonchev–Trinajstić information content (AvgIpc) is 2.15. The molecule has 2 radical (unpaired) electrons. The molecule has 0 N–H and O–H groups in total. The van der Waals surface area contributed by atoms with Crippen LogP contribution in [0.25, 0.3) is 0 Å². The van der Waals surface area contributed by atoms with E-state index in [9.17, 15) is 0 Å². The van der Waals surface area contributed by atoms with Crippen molar-refractivity contribution in [2.45, 2.75) is 45.1 Å². The molecule has 3 nitrogen and oxygen atoms in total. The molecule has 0 rings (SSSR count). The summed E-state index contributed by atoms with van der Waals surface area (Å²) in [6.45, 7) is 15.5. The fourth-order valence-electron chi connectivity index (χ4n) is 1.52. The first-order valence-corrected chi connectivity index (χ1v) is 11.8. The summed E-state index contributed by atoms with van der Waals surface area (Å²) in [5, 5.41) is 0. The second-order valence-electron chi connectivity index (χ2n) is 5.06. The molecule has 0 amide bonds. The Hall–Kier alpha value is 0.314. The van der Waals surface area contributed by atoms with Crippen molar-refractivity contribution < 1.29 is 13.3 Å². The Labute approximate surface area is 103 Å². The van der Waals surface area contributed by atoms with Crippen LogP contribution in [-0.4, -0.2) is 37.2 Å². The van der Waals surface area contributed by atoms with Gasteiger partial charge in [0.25, 0.3) is 0 Å². The first-order chi connectivity index (χ1) is 7.33. The zero-order valence-corrected chi connectivity index (χ0v) is 13.3. The lowest BCUT2D eigenvalue weighted by Crippen LogP contribution is -2.46. The predicted molar refractivity (Wildman–Crippen MR) is 72.2 cm³/mol. The van der Waals surface area contributed by atoms with E-state index >= 15 is 0 Å². The second kappa shape index (κ2) is 7.60. The predicted octanol–water partition coefficient (Wildman–Crippen LogP) is 3.06. The maximum atomic E-state index is 6.16. The molecule has 1 unspecified atom stereocenters. The van der Waals surface area contributed by atoms with Gasteiger partial charge in [0.15, 0.2) is 8.32 Å². The largest absolute Gasteiger partial charge is 0.436 e. The van der Waals surface area contributed by atoms with Gasteiger partial charge in [-0.15, -0.1) is 0 Å². The summed E-state index contributed by atoms with van der Waals surface area (Å²) in [5.41, 5.74) is 0. The highest BCUT2D eigenvalue weighted by atomic mass is 28.4. The molecular weight excluding hydrogens is 236 g/mol. The van der Waals surface area contributed by atoms with Gasteiger partial charge in [-0.2, -0.15) is 0 Å². The smallest absolute Gasteiger partial charge is 0.324 e. The van der Waals surface area contributed by atoms with Crippen LogP contribution >= 0.6 is 0 Å². The summed E-state index contributed by atoms with van der Waals surface area (Å²) in [4.78, 5) is 0. The van der Waals surface area contributed by atoms with Gasteiger partial charge in [0.2, 0.25) is 0 Å². The van der Waals surface area contributed by atoms with E-state index in [2.05, 4.69) is 26.2 Å². The molecule has 16 heavy (non-hydrogen) atoms. The van der Waals surface area contributed by atoms with Crippen LogP contribution in [0, 0.1) is 6.92 Å². The fraction of sp³-hybridized carbons (Fsp3) is 0.909. The molecule has 0 aromatic heterocycles. The Bertz CT molecular complexity index is 183. The van der Waals surface area contributed by atoms with Gasteiger partial charge in [0.1, 0.15) is 0 Å². The van der Waals surface area contributed by atoms with Crippen LogP contribution in [0.1, 0.15) is 12.8 Å². The fourth-order valence-corrected chi connectivity index (χ4v) is 8.44. The normalized spacial score (nSPS) is 16.1. The molecule has 0 bridgehead atoms. The number of rotatable bonds is 9. The van der Waals surface area contributed by atoms with E-state index in [1.165, 1.54) is 0 Å². The lowest BCUT2D eigenvalue weighted by molar-refractivity contribution is 0.136. The van der Waals surface area contributed by atoms with Crippen LogP contribution in [-0.2, 0) is 13.3 Å². The maximum Gasteiger partial charge on any atom is 0.324 e. The molecule has 0 aliphatic heterocycles. The van der Waals surface area contributed by atoms with Crippen LogP contribution in [0.4, 0.5) is 0 Å². The lowest BCUT2D eigenvalue weighted by atomic mass is 10.5. The number of hydrogen-bond acceptors (Lipinski definition) is 3. The Morgan fingerprint density at radius 2 is 1.69 bits per heavy atom. The Balaban J connectivity index is 3.88. The van der Waals surface area contributed by atoms with E-state index in [0.717, 1.165) is 19.1 Å². The van der Waals surface area contributed by atoms with Crippen molar-refractivity contribution >= 4 is 16.9 Å². The third kappa shape index (κ3) is 8.46. The van der Waals surface area contributed by atoms with Crippen LogP contribution < -0.4 is 0 Å². The average molecular weight is 262 g/mol. The van der Waals surface area contributed by atoms with Crippen LogP contribution in [0.3, 0.4) is 0 Å². The lowest BCUT2D eigenvalue weighted by Gasteiger charge is -2.32. The highest BCUT2D eigenvalue weighted by Gasteiger charge is 2.34. The number of ether oxygens (including phenoxy) is 1. The molecule has 0 aliphatic carbocycles. The molecule has 0 aromatic carbocycles. The molecule has 96 valence electrons. The monoisotopic (exact) mass is 262 g/mol. The highest BCUT2D eigenvalue weighted by molar-refractivity contribution is 6.81. The minimum atomic E-state index is -1.97. The Kier molecular flexibility index (Phi) is 7.75. The minimum absolute atomic E-state index is 0.588. The van der Waals surface area contributed by atoms with Crippen LogP contribution in [0.15, 0.2) is 0 Å². The zero-order chi connectivity index (χ0) is 12.7. The molecule has 0 aromatic rings. The maximum absolute atomic E-state index is 6.16. The third-order valence-corrected chi connectivity index (χ3v) is 8.44. The summed E-state index contributed by atoms with van der Waals surface area (Å²) in [5.74, 6) is 0. The van der Waals surface area contributed by atoms with Crippen molar-refractivity contribution in [2.75, 3.05) is 20.3 Å². The molecule has 0 fully saturated rings. The molecular formula is C11H26O3Si2. The highest BCUT2D eigenvalue weighted by Crippen LogP contribution is 2.20. The van der Waals surface area contributed by atoms with Crippen molar-refractivity contribution in [1.82, 2.24) is 0 Å². The zero-order valence-electron chi connectivity index (χ0n) is 11.3. The minimum Gasteiger partial charge on any atom is -0.436 e. The second-order valence-corrected chi connectivity index (χ2v) is 13.3. The van der Waals surface area contributed by atoms with Crippen LogP contribution in [0.5, 0.6) is 0 Å². The van der Waals surface area contributed by atoms with E-state index in [0.29, 0.717) is 13.0 Å². The standard InChI is InChI=1S/C11H26O3Si2/c1-7-9-13-10-8-11-16(6,12-2)14-15(3,4)5/h1H,7-11H2,2-6H3. The van der Waals surface area contributed by atoms with E-state index < -0.39 is 16.9 Å². The van der Waals surface area contributed by atoms with E-state index in [1.54, 1.807) is 7.11 Å². The summed E-state index contributed by atoms with van der Waals surface area (Å²) < 4.78 is 17.1. The van der Waals surface area contributed by atoms with Gasteiger partial charge in [-0.05, 0) is 52.0 Å². The van der Waals surface area contributed by atoms with Gasteiger partial charge in [0.05, 0.1) is 0 Å². The molecule has 0 heterocycles. The molecule has 0 spiro atoms. The van der Waals surface area contributed by atoms with E-state index in [-0.39, 0.29) is 0 Å². The van der Waals surface area contributed by atoms with Gasteiger partial charge in [-0.3, -0.25) is 0 Å². The van der Waals surface area contributed by atoms with Crippen molar-refractivity contribution in [3.05, 3.63) is 6.92 Å². The summed E-state index contributed by atoms with van der Waals surface area (Å²) in [6, 6.07) is 0.984. The molecule has 0 saturated carbocycles. The molecule has 1 atom stereocenters. The first-order valence-electron chi connectivity index (χ1n) is 5.86. The van der Waals surface area contributed by atoms with Gasteiger partial charge in [-0.1, -0.05) is 0 Å². The van der Waals surface area contributed by atoms with Gasteiger partial charge < -0.3 is 13.3 Å². The first kappa shape index (κ1) is 16.3. The van der Waals surface area contributed by atoms with Crippen molar-refractivity contribution in [3.8, 4) is 0 Å². The summed E-state index contributed by atoms with van der Waals surface area (Å²) in [7, 11) is -1.72. The van der Waals surface area contributed by atoms with Gasteiger partial charge >= 0.3 is 8.56 Å². The third-order valence-electron chi connectivity index (χ3n) is 2.14. The van der Waals surface area contributed by atoms with Crippen LogP contribution in [0.2, 0.25) is 32.2 Å². The molecule has 0 aliphatic rings. The van der Waals surface area contributed by atoms with Crippen molar-refractivity contribution in [3.63, 3.8) is 0 Å². The quantitative estimate of drug-likeness (QED) is 0.472. The summed E-state index contributed by atoms with van der Waals surface area (Å²) >= 11 is 0. The topological polar surface area (TPSA) is 27.7 Å². The van der Waals surface area contributed by atoms with Gasteiger partial charge in [0, 0.05) is 20.3 Å². The van der Waals surface area contributed by atoms with Gasteiger partial charge in [-0.25, -0.2) is 0 Å². The SMILES string of the molecule is [CH]CCOCCC[Si](C)(OC)O[Si](C)(C)C. The molecule has 5 heteroatoms. The van der Waals surface area contributed by atoms with E-state index in [4.69, 9.17) is 20.2 Å². The van der Waals surface area contributed by atoms with Crippen molar-refractivity contribution in [1.29, 1.82) is 0 Å². The van der Waals surface area contributed by atoms with E-state index in [1.807, 2.05) is 0 Å². The Morgan fingerprint density at radius 3 is 2.12 bits per heavy atom. The summed E-state index contributed by atoms with van der Waals surface area (Å²) in [6.07, 6.45) is 1.57. The Morgan fingerprint density at radius 1 is 1.06 bits per heavy atom.